The molecule has 1 saturated heterocycles. The molecule has 252 valence electrons. The SMILES string of the molecule is C#CC(C)(C)C.CC(C)(C)C(C)(C)O.CC(C)(C)S(=O)(=O)N1CCCCC1.COC(=O)C(C)(C)C.C[N+](=O)C(C)(C)C. The number of rotatable bonds is 1. The van der Waals surface area contributed by atoms with Crippen molar-refractivity contribution in [3.05, 3.63) is 4.91 Å². The smallest absolute Gasteiger partial charge is 0.310 e. The van der Waals surface area contributed by atoms with Crippen LogP contribution in [0, 0.1) is 33.5 Å². The van der Waals surface area contributed by atoms with E-state index in [4.69, 9.17) is 6.42 Å². The van der Waals surface area contributed by atoms with Gasteiger partial charge in [-0.25, -0.2) is 12.7 Å². The van der Waals surface area contributed by atoms with Crippen molar-refractivity contribution >= 4 is 16.0 Å². The molecule has 0 aromatic heterocycles. The van der Waals surface area contributed by atoms with Crippen LogP contribution in [0.25, 0.3) is 0 Å². The molecule has 0 radical (unpaired) electrons. The lowest BCUT2D eigenvalue weighted by molar-refractivity contribution is -0.590. The summed E-state index contributed by atoms with van der Waals surface area (Å²) in [5.74, 6) is 2.44. The maximum atomic E-state index is 11.9. The number of nitrogens with zero attached hydrogens (tertiary/aromatic N) is 2. The number of piperidine rings is 1. The average Bonchev–Trinajstić information content (AvgIpc) is 2.77. The van der Waals surface area contributed by atoms with Gasteiger partial charge in [0.2, 0.25) is 15.6 Å². The van der Waals surface area contributed by atoms with E-state index >= 15 is 0 Å². The third kappa shape index (κ3) is 24.0. The van der Waals surface area contributed by atoms with Crippen molar-refractivity contribution in [1.82, 2.24) is 4.31 Å². The lowest BCUT2D eigenvalue weighted by Crippen LogP contribution is -2.45. The number of nitroso groups, excluding NO2 is 1. The zero-order chi connectivity index (χ0) is 35.2. The Bertz CT molecular complexity index is 904. The average molecular weight is 622 g/mol. The highest BCUT2D eigenvalue weighted by atomic mass is 32.2. The van der Waals surface area contributed by atoms with E-state index in [9.17, 15) is 23.2 Å². The van der Waals surface area contributed by atoms with Crippen molar-refractivity contribution in [3.63, 3.8) is 0 Å². The minimum atomic E-state index is -3.07. The second-order valence-electron chi connectivity index (χ2n) is 16.2. The van der Waals surface area contributed by atoms with Gasteiger partial charge in [-0.3, -0.25) is 4.79 Å². The molecular weight excluding hydrogens is 552 g/mol. The van der Waals surface area contributed by atoms with E-state index in [1.54, 1.807) is 25.1 Å². The van der Waals surface area contributed by atoms with Gasteiger partial charge in [-0.1, -0.05) is 27.2 Å². The second-order valence-corrected chi connectivity index (χ2v) is 18.9. The number of ether oxygens (including phenoxy) is 1. The number of carbonyl (C=O) groups is 1. The lowest BCUT2D eigenvalue weighted by atomic mass is 9.79. The van der Waals surface area contributed by atoms with Gasteiger partial charge in [0, 0.05) is 44.2 Å². The molecule has 0 aromatic rings. The molecule has 1 N–H and O–H groups in total. The van der Waals surface area contributed by atoms with Crippen molar-refractivity contribution in [2.24, 2.45) is 16.2 Å². The number of carbonyl (C=O) groups excluding carboxylic acids is 1. The Hall–Kier alpha value is -1.50. The van der Waals surface area contributed by atoms with Crippen LogP contribution < -0.4 is 0 Å². The highest BCUT2D eigenvalue weighted by Gasteiger charge is 2.35. The molecule has 1 aliphatic heterocycles. The zero-order valence-corrected chi connectivity index (χ0v) is 31.7. The summed E-state index contributed by atoms with van der Waals surface area (Å²) in [7, 11) is -0.142. The minimum absolute atomic E-state index is 0.00694. The number of sulfonamides is 1. The molecule has 0 aromatic carbocycles. The first-order valence-electron chi connectivity index (χ1n) is 14.8. The van der Waals surface area contributed by atoms with Gasteiger partial charge in [-0.2, -0.15) is 0 Å². The first-order valence-corrected chi connectivity index (χ1v) is 16.2. The zero-order valence-electron chi connectivity index (χ0n) is 30.9. The Morgan fingerprint density at radius 2 is 1.10 bits per heavy atom. The number of hydrogen-bond acceptors (Lipinski definition) is 6. The normalized spacial score (nSPS) is 14.9. The molecule has 0 atom stereocenters. The fourth-order valence-electron chi connectivity index (χ4n) is 1.80. The summed E-state index contributed by atoms with van der Waals surface area (Å²) in [4.78, 5) is 21.0. The molecule has 0 unspecified atom stereocenters. The van der Waals surface area contributed by atoms with Gasteiger partial charge in [0.15, 0.2) is 7.05 Å². The molecule has 0 spiro atoms. The molecule has 1 heterocycles. The molecular formula is C33H69N2O6S+. The van der Waals surface area contributed by atoms with Gasteiger partial charge >= 0.3 is 5.97 Å². The Morgan fingerprint density at radius 1 is 0.810 bits per heavy atom. The highest BCUT2D eigenvalue weighted by Crippen LogP contribution is 2.28. The molecule has 1 rings (SSSR count). The monoisotopic (exact) mass is 621 g/mol. The molecule has 1 fully saturated rings. The van der Waals surface area contributed by atoms with Crippen LogP contribution in [-0.2, 0) is 19.6 Å². The number of hydrogen-bond donors (Lipinski definition) is 1. The van der Waals surface area contributed by atoms with Crippen molar-refractivity contribution in [3.8, 4) is 12.3 Å². The van der Waals surface area contributed by atoms with Gasteiger partial charge in [-0.05, 0) is 99.2 Å². The summed E-state index contributed by atoms with van der Waals surface area (Å²) in [6.45, 7) is 33.5. The predicted molar refractivity (Wildman–Crippen MR) is 179 cm³/mol. The minimum Gasteiger partial charge on any atom is -0.469 e. The fourth-order valence-corrected chi connectivity index (χ4v) is 3.31. The van der Waals surface area contributed by atoms with Crippen LogP contribution >= 0.6 is 0 Å². The first kappa shape index (κ1) is 47.4. The third-order valence-electron chi connectivity index (χ3n) is 6.44. The summed E-state index contributed by atoms with van der Waals surface area (Å²) in [6, 6.07) is 0. The van der Waals surface area contributed by atoms with E-state index < -0.39 is 20.4 Å². The quantitative estimate of drug-likeness (QED) is 0.185. The number of methoxy groups -OCH3 is 1. The van der Waals surface area contributed by atoms with Gasteiger partial charge < -0.3 is 9.84 Å². The lowest BCUT2D eigenvalue weighted by Gasteiger charge is -2.33. The van der Waals surface area contributed by atoms with Crippen LogP contribution in [0.3, 0.4) is 0 Å². The first-order chi connectivity index (χ1) is 18.1. The van der Waals surface area contributed by atoms with E-state index in [-0.39, 0.29) is 27.8 Å². The van der Waals surface area contributed by atoms with Crippen molar-refractivity contribution in [2.45, 2.75) is 153 Å². The van der Waals surface area contributed by atoms with E-state index in [1.807, 2.05) is 96.9 Å². The summed E-state index contributed by atoms with van der Waals surface area (Å²) in [6.07, 6.45) is 8.24. The molecule has 8 nitrogen and oxygen atoms in total. The molecule has 0 aliphatic carbocycles. The Morgan fingerprint density at radius 3 is 1.21 bits per heavy atom. The van der Waals surface area contributed by atoms with E-state index in [0.717, 1.165) is 24.0 Å². The Labute approximate surface area is 261 Å². The topological polar surface area (TPSA) is 104 Å². The maximum Gasteiger partial charge on any atom is 0.310 e. The maximum absolute atomic E-state index is 11.9. The molecule has 42 heavy (non-hydrogen) atoms. The van der Waals surface area contributed by atoms with Gasteiger partial charge in [-0.15, -0.1) is 12.3 Å². The summed E-state index contributed by atoms with van der Waals surface area (Å²) < 4.78 is 30.3. The number of esters is 1. The largest absolute Gasteiger partial charge is 0.469 e. The van der Waals surface area contributed by atoms with Crippen LogP contribution in [0.4, 0.5) is 0 Å². The number of terminal acetylenes is 1. The van der Waals surface area contributed by atoms with Crippen molar-refractivity contribution in [2.75, 3.05) is 27.2 Å². The Kier molecular flexibility index (Phi) is 20.7. The van der Waals surface area contributed by atoms with Crippen LogP contribution in [0.1, 0.15) is 137 Å². The standard InChI is InChI=1S/C9H19NO2S.C7H16O.C6H12O2.C6H10.C5H12NO/c1-9(2,3)13(11,12)10-7-5-4-6-8-10;1-6(2,3)7(4,5)8;1-6(2,3)5(7)8-4;1-5-6(2,3)4;1-5(2,3)6(4)7/h4-8H2,1-3H3;8H,1-5H3;1-4H3;1H,2-4H3;1-4H3/q;;;;+1. The summed E-state index contributed by atoms with van der Waals surface area (Å²) >= 11 is 0. The summed E-state index contributed by atoms with van der Waals surface area (Å²) in [5.41, 5.74) is -1.07. The van der Waals surface area contributed by atoms with Gasteiger partial charge in [0.25, 0.3) is 0 Å². The van der Waals surface area contributed by atoms with Crippen LogP contribution in [0.15, 0.2) is 0 Å². The third-order valence-corrected chi connectivity index (χ3v) is 9.03. The van der Waals surface area contributed by atoms with Crippen molar-refractivity contribution in [1.29, 1.82) is 0 Å². The van der Waals surface area contributed by atoms with E-state index in [2.05, 4.69) is 10.7 Å². The van der Waals surface area contributed by atoms with Crippen LogP contribution in [-0.4, -0.2) is 71.7 Å². The van der Waals surface area contributed by atoms with E-state index in [1.165, 1.54) is 14.2 Å². The highest BCUT2D eigenvalue weighted by molar-refractivity contribution is 7.90. The van der Waals surface area contributed by atoms with Crippen LogP contribution in [0.2, 0.25) is 0 Å². The second kappa shape index (κ2) is 18.3. The van der Waals surface area contributed by atoms with Crippen LogP contribution in [0.5, 0.6) is 0 Å². The van der Waals surface area contributed by atoms with E-state index in [0.29, 0.717) is 13.1 Å². The predicted octanol–water partition coefficient (Wildman–Crippen LogP) is 7.47. The summed E-state index contributed by atoms with van der Waals surface area (Å²) in [5, 5.41) is 9.35. The number of aliphatic hydroxyl groups is 1. The fraction of sp³-hybridized carbons (Fsp3) is 0.909. The molecule has 9 heteroatoms. The molecule has 0 saturated carbocycles. The molecule has 0 bridgehead atoms. The van der Waals surface area contributed by atoms with Gasteiger partial charge in [0.05, 0.1) is 22.9 Å². The van der Waals surface area contributed by atoms with Gasteiger partial charge in [0.1, 0.15) is 0 Å². The van der Waals surface area contributed by atoms with Crippen molar-refractivity contribution < 1.29 is 27.8 Å². The Balaban J connectivity index is -0.000000222. The molecule has 0 amide bonds. The molecule has 1 aliphatic rings.